The summed E-state index contributed by atoms with van der Waals surface area (Å²) in [6.07, 6.45) is 26.8. The Hall–Kier alpha value is -2.34. The number of hydrogen-bond acceptors (Lipinski definition) is 14. The molecule has 16 heteroatoms. The molecule has 0 spiro atoms. The van der Waals surface area contributed by atoms with E-state index in [1.54, 1.807) is 0 Å². The van der Waals surface area contributed by atoms with Crippen LogP contribution >= 0.6 is 11.8 Å². The van der Waals surface area contributed by atoms with Crippen molar-refractivity contribution in [3.63, 3.8) is 0 Å². The molecule has 15 nitrogen and oxygen atoms in total. The first kappa shape index (κ1) is 57.8. The van der Waals surface area contributed by atoms with Crippen molar-refractivity contribution < 1.29 is 49.4 Å². The Kier molecular flexibility index (Phi) is 33.2. The van der Waals surface area contributed by atoms with E-state index in [-0.39, 0.29) is 42.3 Å². The summed E-state index contributed by atoms with van der Waals surface area (Å²) in [6.45, 7) is 4.41. The van der Waals surface area contributed by atoms with E-state index in [2.05, 4.69) is 29.5 Å². The molecule has 1 saturated carbocycles. The number of aliphatic hydroxyl groups is 5. The molecule has 1 aliphatic rings. The Morgan fingerprint density at radius 2 is 1.00 bits per heavy atom. The highest BCUT2D eigenvalue weighted by atomic mass is 32.2. The van der Waals surface area contributed by atoms with E-state index in [9.17, 15) is 39.9 Å². The zero-order chi connectivity index (χ0) is 46.8. The molecule has 0 aliphatic heterocycles. The number of amides is 1. The molecule has 1 unspecified atom stereocenters. The van der Waals surface area contributed by atoms with E-state index in [0.29, 0.717) is 6.42 Å². The van der Waals surface area contributed by atoms with Crippen LogP contribution in [0.2, 0.25) is 0 Å². The van der Waals surface area contributed by atoms with Gasteiger partial charge in [0.05, 0.1) is 12.2 Å². The molecule has 1 aromatic rings. The van der Waals surface area contributed by atoms with Gasteiger partial charge in [0.15, 0.2) is 5.82 Å². The topological polar surface area (TPSA) is 240 Å². The Labute approximate surface area is 389 Å². The molecule has 1 aliphatic carbocycles. The third kappa shape index (κ3) is 25.5. The van der Waals surface area contributed by atoms with Gasteiger partial charge in [0.1, 0.15) is 49.3 Å². The summed E-state index contributed by atoms with van der Waals surface area (Å²) in [5.74, 6) is -0.945. The summed E-state index contributed by atoms with van der Waals surface area (Å²) in [5, 5.41) is 61.0. The van der Waals surface area contributed by atoms with Crippen LogP contribution in [0.3, 0.4) is 0 Å². The van der Waals surface area contributed by atoms with Crippen molar-refractivity contribution in [2.24, 2.45) is 5.73 Å². The van der Waals surface area contributed by atoms with Gasteiger partial charge in [0, 0.05) is 24.3 Å². The summed E-state index contributed by atoms with van der Waals surface area (Å²) in [4.78, 5) is 38.5. The Bertz CT molecular complexity index is 1330. The number of anilines is 1. The highest BCUT2D eigenvalue weighted by Gasteiger charge is 2.49. The molecule has 1 fully saturated rings. The second kappa shape index (κ2) is 36.7. The first-order chi connectivity index (χ1) is 31.0. The second-order valence-electron chi connectivity index (χ2n) is 18.1. The summed E-state index contributed by atoms with van der Waals surface area (Å²) >= 11 is 1.28. The van der Waals surface area contributed by atoms with E-state index in [1.165, 1.54) is 159 Å². The SMILES string of the molecule is CCCCCCCCCCCCCCCCC(=O)OC[C@H](CSC[C@@H](N)C(=O)Nc1cn(C2[C@H](O)[C@H](O)[C@@H](O)[C@H](O)[C@H]2O)nn1)OC(=O)CCCCCCCCCCCCCCCC. The molecule has 0 aromatic carbocycles. The van der Waals surface area contributed by atoms with Crippen LogP contribution in [0, 0.1) is 0 Å². The van der Waals surface area contributed by atoms with Crippen LogP contribution in [-0.4, -0.2) is 119 Å². The average Bonchev–Trinajstić information content (AvgIpc) is 3.74. The number of esters is 2. The number of hydrogen-bond donors (Lipinski definition) is 7. The largest absolute Gasteiger partial charge is 0.462 e. The monoisotopic (exact) mass is 928 g/mol. The van der Waals surface area contributed by atoms with Crippen molar-refractivity contribution in [1.82, 2.24) is 15.0 Å². The molecule has 1 heterocycles. The van der Waals surface area contributed by atoms with Gasteiger partial charge in [-0.3, -0.25) is 14.4 Å². The number of carbonyl (C=O) groups is 3. The van der Waals surface area contributed by atoms with Crippen molar-refractivity contribution in [2.45, 2.75) is 255 Å². The predicted molar refractivity (Wildman–Crippen MR) is 254 cm³/mol. The maximum absolute atomic E-state index is 12.9. The minimum Gasteiger partial charge on any atom is -0.462 e. The fourth-order valence-electron chi connectivity index (χ4n) is 8.17. The number of nitrogens with one attached hydrogen (secondary N) is 1. The molecule has 8 N–H and O–H groups in total. The predicted octanol–water partition coefficient (Wildman–Crippen LogP) is 7.83. The third-order valence-electron chi connectivity index (χ3n) is 12.3. The van der Waals surface area contributed by atoms with E-state index in [0.717, 1.165) is 43.2 Å². The number of aliphatic hydroxyl groups excluding tert-OH is 5. The first-order valence-corrected chi connectivity index (χ1v) is 26.5. The average molecular weight is 928 g/mol. The van der Waals surface area contributed by atoms with Crippen molar-refractivity contribution in [2.75, 3.05) is 23.4 Å². The lowest BCUT2D eigenvalue weighted by Crippen LogP contribution is -2.61. The van der Waals surface area contributed by atoms with Crippen molar-refractivity contribution in [3.8, 4) is 0 Å². The van der Waals surface area contributed by atoms with E-state index in [1.807, 2.05) is 0 Å². The highest BCUT2D eigenvalue weighted by molar-refractivity contribution is 7.99. The first-order valence-electron chi connectivity index (χ1n) is 25.3. The van der Waals surface area contributed by atoms with Gasteiger partial charge in [-0.2, -0.15) is 11.8 Å². The number of unbranched alkanes of at least 4 members (excludes halogenated alkanes) is 26. The Balaban J connectivity index is 1.74. The van der Waals surface area contributed by atoms with E-state index >= 15 is 0 Å². The molecular formula is C48H89N5O10S. The molecule has 0 radical (unpaired) electrons. The number of aromatic nitrogens is 3. The second-order valence-corrected chi connectivity index (χ2v) is 19.2. The Morgan fingerprint density at radius 3 is 1.44 bits per heavy atom. The van der Waals surface area contributed by atoms with Gasteiger partial charge in [0.25, 0.3) is 0 Å². The van der Waals surface area contributed by atoms with Gasteiger partial charge in [0.2, 0.25) is 5.91 Å². The van der Waals surface area contributed by atoms with Gasteiger partial charge >= 0.3 is 11.9 Å². The fraction of sp³-hybridized carbons (Fsp3) is 0.896. The van der Waals surface area contributed by atoms with Crippen LogP contribution in [0.25, 0.3) is 0 Å². The Morgan fingerprint density at radius 1 is 0.609 bits per heavy atom. The van der Waals surface area contributed by atoms with Crippen molar-refractivity contribution in [1.29, 1.82) is 0 Å². The van der Waals surface area contributed by atoms with Crippen LogP contribution < -0.4 is 11.1 Å². The number of rotatable bonds is 40. The van der Waals surface area contributed by atoms with Crippen LogP contribution in [0.4, 0.5) is 5.82 Å². The maximum atomic E-state index is 12.9. The molecular weight excluding hydrogens is 839 g/mol. The normalized spacial score (nSPS) is 20.8. The third-order valence-corrected chi connectivity index (χ3v) is 13.5. The van der Waals surface area contributed by atoms with Gasteiger partial charge in [-0.25, -0.2) is 4.68 Å². The molecule has 2 rings (SSSR count). The number of nitrogens with zero attached hydrogens (tertiary/aromatic N) is 3. The molecule has 1 amide bonds. The summed E-state index contributed by atoms with van der Waals surface area (Å²) < 4.78 is 12.4. The van der Waals surface area contributed by atoms with E-state index < -0.39 is 54.6 Å². The lowest BCUT2D eigenvalue weighted by Gasteiger charge is -2.41. The summed E-state index contributed by atoms with van der Waals surface area (Å²) in [5.41, 5.74) is 6.18. The quantitative estimate of drug-likeness (QED) is 0.0245. The summed E-state index contributed by atoms with van der Waals surface area (Å²) in [6, 6.07) is -2.37. The highest BCUT2D eigenvalue weighted by Crippen LogP contribution is 2.30. The van der Waals surface area contributed by atoms with Gasteiger partial charge < -0.3 is 46.1 Å². The number of carbonyl (C=O) groups excluding carboxylic acids is 3. The number of nitrogens with two attached hydrogens (primary N) is 1. The van der Waals surface area contributed by atoms with Crippen LogP contribution in [0.15, 0.2) is 6.20 Å². The standard InChI is InChI=1S/C48H89N5O10S/c1-3-5-7-9-11-13-15-17-19-21-23-25-27-29-31-40(54)62-34-37(63-41(55)32-30-28-26-24-22-20-18-16-14-12-10-8-6-4-2)35-64-36-38(49)48(61)50-39-33-53(52-51-39)42-43(56)45(58)47(60)46(59)44(42)57/h33,37-38,42-47,56-60H,3-32,34-36,49H2,1-2H3,(H,50,61)/t37-,38-,42?,43+,44+,45-,46+,47+/m1/s1. The molecule has 0 saturated heterocycles. The molecule has 1 aromatic heterocycles. The minimum absolute atomic E-state index is 0.0547. The van der Waals surface area contributed by atoms with Gasteiger partial charge in [-0.05, 0) is 12.8 Å². The van der Waals surface area contributed by atoms with Crippen molar-refractivity contribution >= 4 is 35.4 Å². The van der Waals surface area contributed by atoms with Crippen LogP contribution in [0.5, 0.6) is 0 Å². The molecule has 64 heavy (non-hydrogen) atoms. The van der Waals surface area contributed by atoms with Crippen LogP contribution in [0.1, 0.15) is 213 Å². The van der Waals surface area contributed by atoms with Gasteiger partial charge in [-0.15, -0.1) is 5.10 Å². The van der Waals surface area contributed by atoms with Crippen molar-refractivity contribution in [3.05, 3.63) is 6.20 Å². The van der Waals surface area contributed by atoms with Gasteiger partial charge in [-0.1, -0.05) is 186 Å². The molecule has 8 atom stereocenters. The minimum atomic E-state index is -1.76. The smallest absolute Gasteiger partial charge is 0.306 e. The zero-order valence-corrected chi connectivity index (χ0v) is 40.5. The van der Waals surface area contributed by atoms with Crippen LogP contribution in [-0.2, 0) is 23.9 Å². The summed E-state index contributed by atoms with van der Waals surface area (Å²) in [7, 11) is 0. The molecule has 372 valence electrons. The zero-order valence-electron chi connectivity index (χ0n) is 39.6. The van der Waals surface area contributed by atoms with E-state index in [4.69, 9.17) is 15.2 Å². The number of ether oxygens (including phenoxy) is 2. The fourth-order valence-corrected chi connectivity index (χ4v) is 9.14. The maximum Gasteiger partial charge on any atom is 0.306 e. The lowest BCUT2D eigenvalue weighted by molar-refractivity contribution is -0.200. The lowest BCUT2D eigenvalue weighted by atomic mass is 9.83. The molecule has 0 bridgehead atoms. The number of thioether (sulfide) groups is 1.